The van der Waals surface area contributed by atoms with Crippen LogP contribution in [0.1, 0.15) is 35.2 Å². The summed E-state index contributed by atoms with van der Waals surface area (Å²) >= 11 is 1.72. The van der Waals surface area contributed by atoms with Crippen molar-refractivity contribution in [1.82, 2.24) is 10.4 Å². The number of benzene rings is 1. The number of nitrogens with two attached hydrogens (primary N) is 2. The van der Waals surface area contributed by atoms with Gasteiger partial charge in [0.05, 0.1) is 17.8 Å². The molecule has 6 nitrogen and oxygen atoms in total. The van der Waals surface area contributed by atoms with E-state index in [4.69, 9.17) is 15.9 Å². The van der Waals surface area contributed by atoms with E-state index in [1.807, 2.05) is 18.2 Å². The minimum atomic E-state index is 0.0619. The minimum Gasteiger partial charge on any atom is -0.496 e. The number of ether oxygens (including phenoxy) is 1. The number of nitrogens with one attached hydrogen (secondary N) is 2. The molecular weight excluding hydrogens is 334 g/mol. The average Bonchev–Trinajstić information content (AvgIpc) is 3.07. The van der Waals surface area contributed by atoms with E-state index < -0.39 is 0 Å². The molecule has 0 bridgehead atoms. The maximum atomic E-state index is 7.51. The number of aromatic nitrogens is 1. The van der Waals surface area contributed by atoms with E-state index in [0.717, 1.165) is 36.3 Å². The lowest BCUT2D eigenvalue weighted by molar-refractivity contribution is 0.414. The van der Waals surface area contributed by atoms with Gasteiger partial charge in [-0.2, -0.15) is 0 Å². The molecule has 2 aromatic rings. The number of rotatable bonds is 7. The maximum absolute atomic E-state index is 7.51. The van der Waals surface area contributed by atoms with Gasteiger partial charge in [-0.15, -0.1) is 11.3 Å². The zero-order valence-electron chi connectivity index (χ0n) is 15.0. The van der Waals surface area contributed by atoms with Crippen molar-refractivity contribution in [2.75, 3.05) is 14.2 Å². The zero-order chi connectivity index (χ0) is 18.7. The Morgan fingerprint density at radius 1 is 1.44 bits per heavy atom. The topological polar surface area (TPSA) is 110 Å². The van der Waals surface area contributed by atoms with Crippen molar-refractivity contribution in [3.05, 3.63) is 51.5 Å². The number of allylic oxidation sites excluding steroid dienone is 1. The van der Waals surface area contributed by atoms with Crippen LogP contribution in [-0.4, -0.2) is 25.0 Å². The molecular formula is C18H27N5OS. The fourth-order valence-corrected chi connectivity index (χ4v) is 2.88. The molecule has 1 aromatic carbocycles. The van der Waals surface area contributed by atoms with Gasteiger partial charge in [0.2, 0.25) is 0 Å². The van der Waals surface area contributed by atoms with Crippen LogP contribution < -0.4 is 21.7 Å². The lowest BCUT2D eigenvalue weighted by Crippen LogP contribution is -2.13. The van der Waals surface area contributed by atoms with Gasteiger partial charge in [0.15, 0.2) is 0 Å². The van der Waals surface area contributed by atoms with E-state index in [-0.39, 0.29) is 5.84 Å². The predicted molar refractivity (Wildman–Crippen MR) is 106 cm³/mol. The van der Waals surface area contributed by atoms with Crippen molar-refractivity contribution in [3.63, 3.8) is 0 Å². The monoisotopic (exact) mass is 361 g/mol. The summed E-state index contributed by atoms with van der Waals surface area (Å²) in [4.78, 5) is 4.56. The summed E-state index contributed by atoms with van der Waals surface area (Å²) in [5, 5.41) is 10.8. The van der Waals surface area contributed by atoms with E-state index in [1.54, 1.807) is 31.6 Å². The smallest absolute Gasteiger partial charge is 0.126 e. The number of methoxy groups -OCH3 is 1. The molecule has 0 aliphatic rings. The van der Waals surface area contributed by atoms with Crippen molar-refractivity contribution in [1.29, 1.82) is 5.41 Å². The summed E-state index contributed by atoms with van der Waals surface area (Å²) < 4.78 is 5.34. The highest BCUT2D eigenvalue weighted by molar-refractivity contribution is 7.09. The number of thiazole rings is 1. The van der Waals surface area contributed by atoms with Crippen molar-refractivity contribution in [2.24, 2.45) is 11.6 Å². The van der Waals surface area contributed by atoms with Gasteiger partial charge in [-0.05, 0) is 44.5 Å². The number of nitrogen functional groups attached to an aromatic ring is 1. The van der Waals surface area contributed by atoms with Crippen LogP contribution in [0.4, 0.5) is 0 Å². The molecule has 0 amide bonds. The molecule has 0 atom stereocenters. The first-order valence-corrected chi connectivity index (χ1v) is 8.93. The van der Waals surface area contributed by atoms with Crippen LogP contribution in [0.15, 0.2) is 29.7 Å². The molecule has 0 radical (unpaired) electrons. The van der Waals surface area contributed by atoms with Crippen LogP contribution >= 0.6 is 11.3 Å². The first kappa shape index (κ1) is 20.8. The van der Waals surface area contributed by atoms with Crippen LogP contribution in [0.25, 0.3) is 6.08 Å². The number of aryl methyl sites for hydroxylation is 2. The summed E-state index contributed by atoms with van der Waals surface area (Å²) in [6.45, 7) is 2.12. The van der Waals surface area contributed by atoms with Gasteiger partial charge in [-0.3, -0.25) is 16.7 Å². The quantitative estimate of drug-likeness (QED) is 0.262. The molecule has 0 saturated carbocycles. The van der Waals surface area contributed by atoms with Crippen molar-refractivity contribution >= 4 is 23.2 Å². The Kier molecular flexibility index (Phi) is 9.46. The van der Waals surface area contributed by atoms with Gasteiger partial charge >= 0.3 is 0 Å². The van der Waals surface area contributed by atoms with Crippen LogP contribution in [0.5, 0.6) is 5.75 Å². The summed E-state index contributed by atoms with van der Waals surface area (Å²) in [6, 6.07) is 5.50. The second-order valence-electron chi connectivity index (χ2n) is 5.19. The Balaban J connectivity index is 0.000000970. The summed E-state index contributed by atoms with van der Waals surface area (Å²) in [5.41, 5.74) is 10.6. The molecule has 0 unspecified atom stereocenters. The summed E-state index contributed by atoms with van der Waals surface area (Å²) in [6.07, 6.45) is 6.96. The second-order valence-corrected chi connectivity index (χ2v) is 6.13. The third-order valence-electron chi connectivity index (χ3n) is 3.31. The Morgan fingerprint density at radius 3 is 2.72 bits per heavy atom. The Bertz CT molecular complexity index is 697. The van der Waals surface area contributed by atoms with E-state index in [0.29, 0.717) is 5.56 Å². The molecule has 136 valence electrons. The van der Waals surface area contributed by atoms with Crippen molar-refractivity contribution in [2.45, 2.75) is 26.2 Å². The first-order chi connectivity index (χ1) is 12.0. The fraction of sp³-hybridized carbons (Fsp3) is 0.333. The third-order valence-corrected chi connectivity index (χ3v) is 4.35. The average molecular weight is 362 g/mol. The highest BCUT2D eigenvalue weighted by Gasteiger charge is 2.04. The van der Waals surface area contributed by atoms with Crippen molar-refractivity contribution in [3.8, 4) is 5.75 Å². The van der Waals surface area contributed by atoms with Gasteiger partial charge < -0.3 is 10.5 Å². The molecule has 6 N–H and O–H groups in total. The highest BCUT2D eigenvalue weighted by atomic mass is 32.1. The molecule has 7 heteroatoms. The van der Waals surface area contributed by atoms with Crippen LogP contribution in [0, 0.1) is 5.41 Å². The molecule has 0 spiro atoms. The van der Waals surface area contributed by atoms with Gasteiger partial charge in [-0.1, -0.05) is 19.1 Å². The molecule has 2 rings (SSSR count). The molecule has 25 heavy (non-hydrogen) atoms. The lowest BCUT2D eigenvalue weighted by Gasteiger charge is -2.07. The fourth-order valence-electron chi connectivity index (χ4n) is 2.10. The Labute approximate surface area is 153 Å². The minimum absolute atomic E-state index is 0.0619. The van der Waals surface area contributed by atoms with E-state index in [2.05, 4.69) is 34.6 Å². The summed E-state index contributed by atoms with van der Waals surface area (Å²) in [7, 11) is 3.29. The lowest BCUT2D eigenvalue weighted by atomic mass is 10.1. The van der Waals surface area contributed by atoms with Crippen LogP contribution in [-0.2, 0) is 12.8 Å². The van der Waals surface area contributed by atoms with E-state index in [1.165, 1.54) is 5.01 Å². The number of amidine groups is 1. The Morgan fingerprint density at radius 2 is 2.16 bits per heavy atom. The van der Waals surface area contributed by atoms with E-state index >= 15 is 0 Å². The largest absolute Gasteiger partial charge is 0.496 e. The molecule has 0 saturated heterocycles. The van der Waals surface area contributed by atoms with Gasteiger partial charge in [0.1, 0.15) is 11.6 Å². The maximum Gasteiger partial charge on any atom is 0.126 e. The van der Waals surface area contributed by atoms with Gasteiger partial charge in [-0.25, -0.2) is 4.98 Å². The molecule has 0 fully saturated rings. The van der Waals surface area contributed by atoms with Gasteiger partial charge in [0.25, 0.3) is 0 Å². The molecule has 0 aliphatic heterocycles. The molecule has 1 heterocycles. The number of nitrogens with zero attached hydrogens (tertiary/aromatic N) is 1. The number of hydrogen-bond acceptors (Lipinski definition) is 6. The number of hydrazine groups is 1. The normalized spacial score (nSPS) is 10.4. The predicted octanol–water partition coefficient (Wildman–Crippen LogP) is 2.72. The second kappa shape index (κ2) is 11.4. The highest BCUT2D eigenvalue weighted by Crippen LogP contribution is 2.21. The third kappa shape index (κ3) is 7.04. The van der Waals surface area contributed by atoms with Crippen LogP contribution in [0.3, 0.4) is 0 Å². The van der Waals surface area contributed by atoms with Gasteiger partial charge in [0, 0.05) is 16.5 Å². The van der Waals surface area contributed by atoms with Crippen LogP contribution in [0.2, 0.25) is 0 Å². The summed E-state index contributed by atoms with van der Waals surface area (Å²) in [5.74, 6) is 5.44. The molecule has 1 aromatic heterocycles. The van der Waals surface area contributed by atoms with E-state index in [9.17, 15) is 0 Å². The SMILES string of the molecule is CCc1nc(CC/C=C/c2cc(C(=N)N)ccc2OC)cs1.CNN. The standard InChI is InChI=1S/C17H21N3OS.CH6N2/c1-3-16-20-14(11-22-16)7-5-4-6-12-10-13(17(18)19)8-9-15(12)21-2;1-3-2/h4,6,8-11H,3,5,7H2,1-2H3,(H3,18,19);3H,2H2,1H3/b6-4+;. The number of hydrogen-bond donors (Lipinski definition) is 4. The van der Waals surface area contributed by atoms with Crippen molar-refractivity contribution < 1.29 is 4.74 Å². The molecule has 0 aliphatic carbocycles. The first-order valence-electron chi connectivity index (χ1n) is 8.05. The Hall–Kier alpha value is -2.22. The zero-order valence-corrected chi connectivity index (χ0v) is 15.8.